The molecule has 0 radical (unpaired) electrons. The highest BCUT2D eigenvalue weighted by Crippen LogP contribution is 2.45. The molecule has 122 valence electrons. The summed E-state index contributed by atoms with van der Waals surface area (Å²) in [6.07, 6.45) is 5.72. The molecule has 0 aliphatic heterocycles. The van der Waals surface area contributed by atoms with Crippen molar-refractivity contribution in [3.8, 4) is 11.4 Å². The minimum atomic E-state index is -0.356. The zero-order chi connectivity index (χ0) is 16.6. The average molecular weight is 316 g/mol. The molecule has 4 nitrogen and oxygen atoms in total. The van der Waals surface area contributed by atoms with E-state index in [4.69, 9.17) is 4.74 Å². The number of benzene rings is 1. The largest absolute Gasteiger partial charge is 0.497 e. The van der Waals surface area contributed by atoms with E-state index in [0.717, 1.165) is 24.1 Å². The maximum Gasteiger partial charge on any atom is 0.147 e. The summed E-state index contributed by atoms with van der Waals surface area (Å²) < 4.78 is 21.3. The molecule has 1 aromatic carbocycles. The van der Waals surface area contributed by atoms with Crippen LogP contribution in [0, 0.1) is 11.2 Å². The first kappa shape index (κ1) is 15.7. The number of hydrogen-bond donors (Lipinski definition) is 1. The van der Waals surface area contributed by atoms with Crippen molar-refractivity contribution >= 4 is 5.57 Å². The second-order valence-corrected chi connectivity index (χ2v) is 6.43. The van der Waals surface area contributed by atoms with Crippen LogP contribution in [0.1, 0.15) is 38.1 Å². The van der Waals surface area contributed by atoms with Crippen LogP contribution >= 0.6 is 0 Å². The van der Waals surface area contributed by atoms with E-state index >= 15 is 0 Å². The van der Waals surface area contributed by atoms with Gasteiger partial charge in [0.1, 0.15) is 17.9 Å². The number of allylic oxidation sites excluding steroid dienone is 2. The quantitative estimate of drug-likeness (QED) is 0.935. The fraction of sp³-hybridized carbons (Fsp3) is 0.389. The van der Waals surface area contributed by atoms with Crippen molar-refractivity contribution in [2.24, 2.45) is 5.41 Å². The Bertz CT molecular complexity index is 762. The van der Waals surface area contributed by atoms with Gasteiger partial charge in [0, 0.05) is 6.07 Å². The first-order valence-electron chi connectivity index (χ1n) is 7.70. The molecule has 0 fully saturated rings. The summed E-state index contributed by atoms with van der Waals surface area (Å²) >= 11 is 0. The number of rotatable bonds is 4. The third-order valence-electron chi connectivity index (χ3n) is 4.51. The Morgan fingerprint density at radius 1 is 1.39 bits per heavy atom. The summed E-state index contributed by atoms with van der Waals surface area (Å²) in [4.78, 5) is 4.28. The first-order valence-corrected chi connectivity index (χ1v) is 7.70. The summed E-state index contributed by atoms with van der Waals surface area (Å²) in [5.41, 5.74) is 2.78. The second-order valence-electron chi connectivity index (χ2n) is 6.43. The van der Waals surface area contributed by atoms with Gasteiger partial charge in [-0.1, -0.05) is 19.9 Å². The Morgan fingerprint density at radius 2 is 2.17 bits per heavy atom. The molecule has 1 aliphatic rings. The van der Waals surface area contributed by atoms with Gasteiger partial charge in [0.2, 0.25) is 0 Å². The van der Waals surface area contributed by atoms with Gasteiger partial charge in [0.15, 0.2) is 0 Å². The van der Waals surface area contributed by atoms with Crippen LogP contribution in [0.25, 0.3) is 11.3 Å². The number of halogens is 1. The molecule has 5 heteroatoms. The summed E-state index contributed by atoms with van der Waals surface area (Å²) in [6.45, 7) is 4.14. The van der Waals surface area contributed by atoms with Crippen LogP contribution in [-0.2, 0) is 6.61 Å². The number of methoxy groups -OCH3 is 1. The Labute approximate surface area is 135 Å². The van der Waals surface area contributed by atoms with E-state index in [1.54, 1.807) is 30.1 Å². The number of nitrogens with zero attached hydrogens (tertiary/aromatic N) is 2. The highest BCUT2D eigenvalue weighted by molar-refractivity contribution is 5.72. The van der Waals surface area contributed by atoms with Crippen LogP contribution in [0.5, 0.6) is 5.75 Å². The van der Waals surface area contributed by atoms with Gasteiger partial charge in [0.25, 0.3) is 0 Å². The Kier molecular flexibility index (Phi) is 3.98. The molecular formula is C18H21FN2O2. The first-order chi connectivity index (χ1) is 11.0. The lowest BCUT2D eigenvalue weighted by atomic mass is 9.83. The van der Waals surface area contributed by atoms with E-state index in [0.29, 0.717) is 17.1 Å². The van der Waals surface area contributed by atoms with Crippen molar-refractivity contribution in [3.63, 3.8) is 0 Å². The van der Waals surface area contributed by atoms with Crippen molar-refractivity contribution in [1.82, 2.24) is 9.55 Å². The second kappa shape index (κ2) is 5.81. The molecule has 1 heterocycles. The zero-order valence-corrected chi connectivity index (χ0v) is 13.6. The number of aliphatic hydroxyl groups is 1. The van der Waals surface area contributed by atoms with Gasteiger partial charge < -0.3 is 9.84 Å². The molecule has 0 amide bonds. The lowest BCUT2D eigenvalue weighted by molar-refractivity contribution is 0.276. The number of hydrogen-bond acceptors (Lipinski definition) is 3. The molecular weight excluding hydrogens is 295 g/mol. The summed E-state index contributed by atoms with van der Waals surface area (Å²) in [5, 5.41) is 9.66. The molecule has 1 aromatic heterocycles. The smallest absolute Gasteiger partial charge is 0.147 e. The third-order valence-corrected chi connectivity index (χ3v) is 4.51. The maximum absolute atomic E-state index is 14.4. The van der Waals surface area contributed by atoms with Crippen LogP contribution in [0.3, 0.4) is 0 Å². The Balaban J connectivity index is 2.21. The summed E-state index contributed by atoms with van der Waals surface area (Å²) in [5.74, 6) is 0.219. The van der Waals surface area contributed by atoms with Gasteiger partial charge in [0.05, 0.1) is 30.8 Å². The number of imidazole rings is 1. The van der Waals surface area contributed by atoms with E-state index in [2.05, 4.69) is 24.9 Å². The molecule has 0 spiro atoms. The normalized spacial score (nSPS) is 16.5. The van der Waals surface area contributed by atoms with Crippen LogP contribution < -0.4 is 4.74 Å². The van der Waals surface area contributed by atoms with E-state index in [9.17, 15) is 9.50 Å². The van der Waals surface area contributed by atoms with E-state index in [1.807, 2.05) is 0 Å². The number of aromatic nitrogens is 2. The Hall–Kier alpha value is -2.14. The van der Waals surface area contributed by atoms with Gasteiger partial charge in [-0.25, -0.2) is 9.37 Å². The predicted molar refractivity (Wildman–Crippen MR) is 87.0 cm³/mol. The molecule has 0 saturated carbocycles. The fourth-order valence-electron chi connectivity index (χ4n) is 3.18. The summed E-state index contributed by atoms with van der Waals surface area (Å²) in [7, 11) is 1.55. The fourth-order valence-corrected chi connectivity index (χ4v) is 3.18. The van der Waals surface area contributed by atoms with Gasteiger partial charge in [-0.15, -0.1) is 0 Å². The van der Waals surface area contributed by atoms with Crippen molar-refractivity contribution in [2.45, 2.75) is 33.3 Å². The van der Waals surface area contributed by atoms with Crippen LogP contribution in [0.4, 0.5) is 4.39 Å². The van der Waals surface area contributed by atoms with Crippen LogP contribution in [-0.4, -0.2) is 21.8 Å². The minimum Gasteiger partial charge on any atom is -0.497 e. The Morgan fingerprint density at radius 3 is 2.78 bits per heavy atom. The number of aliphatic hydroxyl groups excluding tert-OH is 1. The SMILES string of the molecule is COc1ccc(F)c(-n2cnc(CO)c2C2=CCCC2(C)C)c1. The molecule has 2 aromatic rings. The number of ether oxygens (including phenoxy) is 1. The topological polar surface area (TPSA) is 47.3 Å². The summed E-state index contributed by atoms with van der Waals surface area (Å²) in [6, 6.07) is 4.61. The molecule has 1 N–H and O–H groups in total. The van der Waals surface area contributed by atoms with Crippen molar-refractivity contribution in [1.29, 1.82) is 0 Å². The highest BCUT2D eigenvalue weighted by atomic mass is 19.1. The molecule has 0 saturated heterocycles. The van der Waals surface area contributed by atoms with Crippen LogP contribution in [0.2, 0.25) is 0 Å². The molecule has 0 atom stereocenters. The molecule has 1 aliphatic carbocycles. The van der Waals surface area contributed by atoms with Gasteiger partial charge in [-0.05, 0) is 36.0 Å². The van der Waals surface area contributed by atoms with E-state index < -0.39 is 0 Å². The zero-order valence-electron chi connectivity index (χ0n) is 13.6. The third kappa shape index (κ3) is 2.65. The molecule has 0 bridgehead atoms. The monoisotopic (exact) mass is 316 g/mol. The van der Waals surface area contributed by atoms with Crippen molar-refractivity contribution < 1.29 is 14.2 Å². The van der Waals surface area contributed by atoms with Gasteiger partial charge in [-0.2, -0.15) is 0 Å². The lowest BCUT2D eigenvalue weighted by Crippen LogP contribution is -2.14. The van der Waals surface area contributed by atoms with E-state index in [-0.39, 0.29) is 17.8 Å². The molecule has 23 heavy (non-hydrogen) atoms. The predicted octanol–water partition coefficient (Wildman–Crippen LogP) is 3.72. The minimum absolute atomic E-state index is 0.0307. The average Bonchev–Trinajstić information content (AvgIpc) is 3.09. The standard InChI is InChI=1S/C18H21FN2O2/c1-18(2)8-4-5-13(18)17-15(10-22)20-11-21(17)16-9-12(23-3)6-7-14(16)19/h5-7,9,11,22H,4,8,10H2,1-3H3. The molecule has 3 rings (SSSR count). The highest BCUT2D eigenvalue weighted by Gasteiger charge is 2.32. The van der Waals surface area contributed by atoms with Crippen LogP contribution in [0.15, 0.2) is 30.6 Å². The molecule has 0 unspecified atom stereocenters. The van der Waals surface area contributed by atoms with Crippen molar-refractivity contribution in [2.75, 3.05) is 7.11 Å². The maximum atomic E-state index is 14.4. The van der Waals surface area contributed by atoms with E-state index in [1.165, 1.54) is 6.07 Å². The van der Waals surface area contributed by atoms with Crippen molar-refractivity contribution in [3.05, 3.63) is 47.8 Å². The van der Waals surface area contributed by atoms with Gasteiger partial charge >= 0.3 is 0 Å². The van der Waals surface area contributed by atoms with Gasteiger partial charge in [-0.3, -0.25) is 4.57 Å². The lowest BCUT2D eigenvalue weighted by Gasteiger charge is -2.24.